The number of amides is 2. The predicted molar refractivity (Wildman–Crippen MR) is 128 cm³/mol. The molecule has 0 fully saturated rings. The molecule has 0 heterocycles. The third kappa shape index (κ3) is 6.72. The second-order valence-corrected chi connectivity index (χ2v) is 7.96. The molecule has 0 aliphatic heterocycles. The van der Waals surface area contributed by atoms with E-state index in [1.807, 2.05) is 19.1 Å². The molecule has 2 amide bonds. The van der Waals surface area contributed by atoms with Gasteiger partial charge in [0.2, 0.25) is 0 Å². The van der Waals surface area contributed by atoms with Crippen LogP contribution in [0.2, 0.25) is 15.1 Å². The molecule has 0 saturated carbocycles. The number of benzene rings is 3. The monoisotopic (exact) mass is 489 g/mol. The van der Waals surface area contributed by atoms with Crippen molar-refractivity contribution in [1.82, 2.24) is 5.43 Å². The zero-order valence-electron chi connectivity index (χ0n) is 16.9. The summed E-state index contributed by atoms with van der Waals surface area (Å²) in [6.45, 7) is 1.67. The first-order valence-corrected chi connectivity index (χ1v) is 10.5. The Bertz CT molecular complexity index is 1160. The van der Waals surface area contributed by atoms with Gasteiger partial charge in [-0.3, -0.25) is 9.59 Å². The summed E-state index contributed by atoms with van der Waals surface area (Å²) < 4.78 is 5.60. The van der Waals surface area contributed by atoms with Crippen molar-refractivity contribution in [3.8, 4) is 5.75 Å². The molecule has 3 aromatic carbocycles. The van der Waals surface area contributed by atoms with E-state index in [0.29, 0.717) is 37.6 Å². The molecule has 0 aromatic heterocycles. The van der Waals surface area contributed by atoms with E-state index >= 15 is 0 Å². The van der Waals surface area contributed by atoms with Gasteiger partial charge in [-0.25, -0.2) is 5.43 Å². The summed E-state index contributed by atoms with van der Waals surface area (Å²) in [5.41, 5.74) is 4.96. The summed E-state index contributed by atoms with van der Waals surface area (Å²) in [4.78, 5) is 24.4. The molecular weight excluding hydrogens is 473 g/mol. The Morgan fingerprint density at radius 1 is 0.969 bits per heavy atom. The van der Waals surface area contributed by atoms with Crippen molar-refractivity contribution in [2.24, 2.45) is 5.10 Å². The number of rotatable bonds is 7. The molecule has 6 nitrogen and oxygen atoms in total. The van der Waals surface area contributed by atoms with E-state index < -0.39 is 5.91 Å². The Hall–Kier alpha value is -3.06. The number of hydrazone groups is 1. The second-order valence-electron chi connectivity index (χ2n) is 6.71. The first-order chi connectivity index (χ1) is 15.3. The summed E-state index contributed by atoms with van der Waals surface area (Å²) in [6.07, 6.45) is 1.39. The maximum atomic E-state index is 12.2. The van der Waals surface area contributed by atoms with Crippen LogP contribution in [0.1, 0.15) is 21.5 Å². The number of hydrogen-bond acceptors (Lipinski definition) is 4. The molecule has 0 saturated heterocycles. The van der Waals surface area contributed by atoms with Crippen molar-refractivity contribution in [3.63, 3.8) is 0 Å². The van der Waals surface area contributed by atoms with Gasteiger partial charge in [-0.15, -0.1) is 0 Å². The van der Waals surface area contributed by atoms with Gasteiger partial charge in [0.25, 0.3) is 11.8 Å². The lowest BCUT2D eigenvalue weighted by molar-refractivity contribution is -0.118. The lowest BCUT2D eigenvalue weighted by Crippen LogP contribution is -2.20. The molecule has 9 heteroatoms. The molecule has 0 aliphatic rings. The molecule has 2 N–H and O–H groups in total. The molecular formula is C23H18Cl3N3O3. The fourth-order valence-corrected chi connectivity index (χ4v) is 3.07. The van der Waals surface area contributed by atoms with Gasteiger partial charge in [0, 0.05) is 21.8 Å². The van der Waals surface area contributed by atoms with E-state index in [-0.39, 0.29) is 12.5 Å². The van der Waals surface area contributed by atoms with Gasteiger partial charge >= 0.3 is 0 Å². The highest BCUT2D eigenvalue weighted by Gasteiger charge is 2.09. The zero-order valence-corrected chi connectivity index (χ0v) is 19.1. The Balaban J connectivity index is 1.62. The van der Waals surface area contributed by atoms with Crippen LogP contribution in [-0.2, 0) is 4.79 Å². The van der Waals surface area contributed by atoms with Gasteiger partial charge in [0.1, 0.15) is 5.75 Å². The van der Waals surface area contributed by atoms with Gasteiger partial charge in [-0.2, -0.15) is 5.10 Å². The highest BCUT2D eigenvalue weighted by molar-refractivity contribution is 6.42. The van der Waals surface area contributed by atoms with E-state index in [0.717, 1.165) is 5.56 Å². The molecule has 32 heavy (non-hydrogen) atoms. The normalized spacial score (nSPS) is 10.8. The molecule has 0 atom stereocenters. The Morgan fingerprint density at radius 3 is 2.44 bits per heavy atom. The van der Waals surface area contributed by atoms with Crippen molar-refractivity contribution < 1.29 is 14.3 Å². The molecule has 164 valence electrons. The first kappa shape index (κ1) is 23.6. The number of carbonyl (C=O) groups excluding carboxylic acids is 2. The number of hydrogen-bond donors (Lipinski definition) is 2. The van der Waals surface area contributed by atoms with Gasteiger partial charge < -0.3 is 10.1 Å². The lowest BCUT2D eigenvalue weighted by Gasteiger charge is -2.10. The third-order valence-corrected chi connectivity index (χ3v) is 5.19. The Kier molecular flexibility index (Phi) is 8.11. The van der Waals surface area contributed by atoms with E-state index in [1.165, 1.54) is 6.21 Å². The minimum absolute atomic E-state index is 0.265. The molecule has 0 spiro atoms. The number of anilines is 1. The van der Waals surface area contributed by atoms with Crippen LogP contribution in [0, 0.1) is 6.92 Å². The smallest absolute Gasteiger partial charge is 0.271 e. The van der Waals surface area contributed by atoms with Crippen molar-refractivity contribution in [3.05, 3.63) is 92.4 Å². The van der Waals surface area contributed by atoms with Crippen molar-refractivity contribution in [2.45, 2.75) is 6.92 Å². The lowest BCUT2D eigenvalue weighted by atomic mass is 10.1. The van der Waals surface area contributed by atoms with Crippen molar-refractivity contribution >= 4 is 58.5 Å². The van der Waals surface area contributed by atoms with Crippen molar-refractivity contribution in [1.29, 1.82) is 0 Å². The maximum absolute atomic E-state index is 12.2. The minimum Gasteiger partial charge on any atom is -0.483 e. The average molecular weight is 491 g/mol. The van der Waals surface area contributed by atoms with Crippen LogP contribution in [0.25, 0.3) is 0 Å². The van der Waals surface area contributed by atoms with Gasteiger partial charge in [0.15, 0.2) is 6.61 Å². The van der Waals surface area contributed by atoms with Crippen LogP contribution >= 0.6 is 34.8 Å². The number of aryl methyl sites for hydroxylation is 1. The summed E-state index contributed by atoms with van der Waals surface area (Å²) >= 11 is 17.9. The Labute approximate surface area is 200 Å². The maximum Gasteiger partial charge on any atom is 0.271 e. The largest absolute Gasteiger partial charge is 0.483 e. The minimum atomic E-state index is -0.395. The zero-order chi connectivity index (χ0) is 23.1. The summed E-state index contributed by atoms with van der Waals surface area (Å²) in [6, 6.07) is 16.7. The fraction of sp³-hybridized carbons (Fsp3) is 0.0870. The van der Waals surface area contributed by atoms with E-state index in [4.69, 9.17) is 39.5 Å². The molecule has 3 aromatic rings. The summed E-state index contributed by atoms with van der Waals surface area (Å²) in [7, 11) is 0. The summed E-state index contributed by atoms with van der Waals surface area (Å²) in [5, 5.41) is 7.80. The van der Waals surface area contributed by atoms with Crippen molar-refractivity contribution in [2.75, 3.05) is 11.9 Å². The molecule has 0 bridgehead atoms. The van der Waals surface area contributed by atoms with Gasteiger partial charge in [0.05, 0.1) is 16.3 Å². The standard InChI is InChI=1S/C23H18Cl3N3O3/c1-14-2-4-15(5-3-14)23(31)29-27-12-16-10-17(24)6-9-21(16)32-13-22(30)28-18-7-8-19(25)20(26)11-18/h2-12H,13H2,1H3,(H,28,30)(H,29,31). The second kappa shape index (κ2) is 11.0. The van der Waals surface area contributed by atoms with Crippen LogP contribution < -0.4 is 15.5 Å². The van der Waals surface area contributed by atoms with Gasteiger partial charge in [-0.05, 0) is 55.5 Å². The quantitative estimate of drug-likeness (QED) is 0.327. The van der Waals surface area contributed by atoms with E-state index in [9.17, 15) is 9.59 Å². The van der Waals surface area contributed by atoms with Crippen LogP contribution in [0.3, 0.4) is 0 Å². The van der Waals surface area contributed by atoms with E-state index in [2.05, 4.69) is 15.8 Å². The Morgan fingerprint density at radius 2 is 1.72 bits per heavy atom. The summed E-state index contributed by atoms with van der Waals surface area (Å²) in [5.74, 6) is -0.382. The topological polar surface area (TPSA) is 79.8 Å². The SMILES string of the molecule is Cc1ccc(C(=O)NN=Cc2cc(Cl)ccc2OCC(=O)Nc2ccc(Cl)c(Cl)c2)cc1. The number of carbonyl (C=O) groups is 2. The third-order valence-electron chi connectivity index (χ3n) is 4.22. The highest BCUT2D eigenvalue weighted by Crippen LogP contribution is 2.25. The number of nitrogens with zero attached hydrogens (tertiary/aromatic N) is 1. The molecule has 3 rings (SSSR count). The molecule has 0 aliphatic carbocycles. The van der Waals surface area contributed by atoms with Gasteiger partial charge in [-0.1, -0.05) is 52.5 Å². The average Bonchev–Trinajstić information content (AvgIpc) is 2.76. The molecule has 0 radical (unpaired) electrons. The highest BCUT2D eigenvalue weighted by atomic mass is 35.5. The predicted octanol–water partition coefficient (Wildman–Crippen LogP) is 5.74. The van der Waals surface area contributed by atoms with Crippen LogP contribution in [0.5, 0.6) is 5.75 Å². The number of nitrogens with one attached hydrogen (secondary N) is 2. The van der Waals surface area contributed by atoms with Crippen LogP contribution in [-0.4, -0.2) is 24.6 Å². The number of halogens is 3. The van der Waals surface area contributed by atoms with Crippen LogP contribution in [0.15, 0.2) is 65.8 Å². The first-order valence-electron chi connectivity index (χ1n) is 9.39. The fourth-order valence-electron chi connectivity index (χ4n) is 2.60. The van der Waals surface area contributed by atoms with Crippen LogP contribution in [0.4, 0.5) is 5.69 Å². The van der Waals surface area contributed by atoms with E-state index in [1.54, 1.807) is 48.5 Å². The number of ether oxygens (including phenoxy) is 1. The molecule has 0 unspecified atom stereocenters.